The maximum absolute atomic E-state index is 13.0. The highest BCUT2D eigenvalue weighted by atomic mass is 35.5. The number of hydrogen-bond acceptors (Lipinski definition) is 3. The Morgan fingerprint density at radius 3 is 2.45 bits per heavy atom. The summed E-state index contributed by atoms with van der Waals surface area (Å²) in [6.45, 7) is 1.94. The minimum absolute atomic E-state index is 0.0257. The Morgan fingerprint density at radius 2 is 1.79 bits per heavy atom. The third kappa shape index (κ3) is 5.58. The van der Waals surface area contributed by atoms with Gasteiger partial charge in [-0.2, -0.15) is 13.2 Å². The lowest BCUT2D eigenvalue weighted by Crippen LogP contribution is -2.32. The lowest BCUT2D eigenvalue weighted by atomic mass is 9.79. The predicted octanol–water partition coefficient (Wildman–Crippen LogP) is 7.12. The molecule has 1 atom stereocenters. The number of nitrogens with one attached hydrogen (secondary N) is 1. The number of nitrogens with zero attached hydrogens (tertiary/aromatic N) is 1. The topological polar surface area (TPSA) is 51.2 Å². The van der Waals surface area contributed by atoms with Crippen molar-refractivity contribution in [3.63, 3.8) is 0 Å². The van der Waals surface area contributed by atoms with E-state index in [-0.39, 0.29) is 29.4 Å². The predicted molar refractivity (Wildman–Crippen MR) is 122 cm³/mol. The number of fused-ring (bicyclic) bond motifs is 1. The Morgan fingerprint density at radius 1 is 1.09 bits per heavy atom. The van der Waals surface area contributed by atoms with Crippen molar-refractivity contribution in [3.05, 3.63) is 65.3 Å². The van der Waals surface area contributed by atoms with Crippen molar-refractivity contribution in [2.45, 2.75) is 44.9 Å². The number of anilines is 1. The summed E-state index contributed by atoms with van der Waals surface area (Å²) in [6, 6.07) is 12.2. The quantitative estimate of drug-likeness (QED) is 0.426. The molecule has 1 fully saturated rings. The van der Waals surface area contributed by atoms with Crippen LogP contribution < -0.4 is 10.1 Å². The monoisotopic (exact) mass is 476 g/mol. The van der Waals surface area contributed by atoms with Gasteiger partial charge in [0.2, 0.25) is 5.91 Å². The number of ether oxygens (including phenoxy) is 1. The third-order valence-corrected chi connectivity index (χ3v) is 6.53. The van der Waals surface area contributed by atoms with Crippen molar-refractivity contribution in [1.82, 2.24) is 4.98 Å². The SMILES string of the molecule is CC(C(=O)Nc1ccc(Cl)cc1)[C@H]1CC[C@H](Oc2ccnc3cc(C(F)(F)F)ccc23)CC1. The second-order valence-electron chi connectivity index (χ2n) is 8.48. The average molecular weight is 477 g/mol. The molecule has 1 aromatic heterocycles. The van der Waals surface area contributed by atoms with Crippen LogP contribution in [0.1, 0.15) is 38.2 Å². The summed E-state index contributed by atoms with van der Waals surface area (Å²) in [5.74, 6) is 0.595. The van der Waals surface area contributed by atoms with E-state index in [1.807, 2.05) is 6.92 Å². The van der Waals surface area contributed by atoms with Gasteiger partial charge in [0.15, 0.2) is 0 Å². The van der Waals surface area contributed by atoms with E-state index in [9.17, 15) is 18.0 Å². The molecule has 0 radical (unpaired) electrons. The number of amides is 1. The van der Waals surface area contributed by atoms with Crippen LogP contribution in [0.2, 0.25) is 5.02 Å². The van der Waals surface area contributed by atoms with Gasteiger partial charge in [-0.05, 0) is 80.1 Å². The van der Waals surface area contributed by atoms with E-state index in [0.29, 0.717) is 21.8 Å². The molecule has 4 rings (SSSR count). The van der Waals surface area contributed by atoms with Gasteiger partial charge < -0.3 is 10.1 Å². The summed E-state index contributed by atoms with van der Waals surface area (Å²) >= 11 is 5.89. The smallest absolute Gasteiger partial charge is 0.416 e. The molecule has 3 aromatic rings. The number of carbonyl (C=O) groups excluding carboxylic acids is 1. The van der Waals surface area contributed by atoms with Gasteiger partial charge in [0, 0.05) is 28.2 Å². The van der Waals surface area contributed by atoms with Crippen LogP contribution in [0.5, 0.6) is 5.75 Å². The number of hydrogen-bond donors (Lipinski definition) is 1. The molecule has 4 nitrogen and oxygen atoms in total. The summed E-state index contributed by atoms with van der Waals surface area (Å²) in [5, 5.41) is 4.11. The van der Waals surface area contributed by atoms with Crippen LogP contribution >= 0.6 is 11.6 Å². The zero-order valence-electron chi connectivity index (χ0n) is 18.0. The van der Waals surface area contributed by atoms with Crippen LogP contribution in [0, 0.1) is 11.8 Å². The lowest BCUT2D eigenvalue weighted by Gasteiger charge is -2.32. The minimum Gasteiger partial charge on any atom is -0.490 e. The Bertz CT molecular complexity index is 1130. The van der Waals surface area contributed by atoms with Crippen molar-refractivity contribution in [1.29, 1.82) is 0 Å². The van der Waals surface area contributed by atoms with Crippen molar-refractivity contribution in [2.75, 3.05) is 5.32 Å². The molecular formula is C25H24ClF3N2O2. The largest absolute Gasteiger partial charge is 0.490 e. The highest BCUT2D eigenvalue weighted by Crippen LogP contribution is 2.36. The number of halogens is 4. The van der Waals surface area contributed by atoms with Crippen molar-refractivity contribution >= 4 is 34.1 Å². The molecule has 33 heavy (non-hydrogen) atoms. The minimum atomic E-state index is -4.42. The summed E-state index contributed by atoms with van der Waals surface area (Å²) in [4.78, 5) is 16.7. The maximum atomic E-state index is 13.0. The van der Waals surface area contributed by atoms with E-state index in [1.165, 1.54) is 12.3 Å². The molecule has 8 heteroatoms. The zero-order valence-corrected chi connectivity index (χ0v) is 18.8. The molecule has 1 aliphatic rings. The van der Waals surface area contributed by atoms with Gasteiger partial charge in [-0.1, -0.05) is 18.5 Å². The van der Waals surface area contributed by atoms with Crippen LogP contribution in [-0.4, -0.2) is 17.0 Å². The molecular weight excluding hydrogens is 453 g/mol. The fraction of sp³-hybridized carbons (Fsp3) is 0.360. The third-order valence-electron chi connectivity index (χ3n) is 6.27. The Kier molecular flexibility index (Phi) is 6.79. The first kappa shape index (κ1) is 23.4. The number of rotatable bonds is 5. The molecule has 174 valence electrons. The number of benzene rings is 2. The summed E-state index contributed by atoms with van der Waals surface area (Å²) in [6.07, 6.45) is 0.207. The Balaban J connectivity index is 1.36. The zero-order chi connectivity index (χ0) is 23.6. The first-order chi connectivity index (χ1) is 15.7. The van der Waals surface area contributed by atoms with Gasteiger partial charge >= 0.3 is 6.18 Å². The van der Waals surface area contributed by atoms with E-state index < -0.39 is 11.7 Å². The molecule has 1 unspecified atom stereocenters. The van der Waals surface area contributed by atoms with Crippen LogP contribution in [0.4, 0.5) is 18.9 Å². The Hall–Kier alpha value is -2.80. The molecule has 1 N–H and O–H groups in total. The average Bonchev–Trinajstić information content (AvgIpc) is 2.80. The number of alkyl halides is 3. The highest BCUT2D eigenvalue weighted by molar-refractivity contribution is 6.30. The van der Waals surface area contributed by atoms with Gasteiger partial charge in [-0.3, -0.25) is 9.78 Å². The van der Waals surface area contributed by atoms with Crippen molar-refractivity contribution in [2.24, 2.45) is 11.8 Å². The molecule has 0 bridgehead atoms. The molecule has 2 aromatic carbocycles. The molecule has 0 aliphatic heterocycles. The summed E-state index contributed by atoms with van der Waals surface area (Å²) in [5.41, 5.74) is 0.237. The van der Waals surface area contributed by atoms with E-state index in [4.69, 9.17) is 16.3 Å². The van der Waals surface area contributed by atoms with Gasteiger partial charge in [0.05, 0.1) is 17.2 Å². The molecule has 1 amide bonds. The lowest BCUT2D eigenvalue weighted by molar-refractivity contribution is -0.137. The summed E-state index contributed by atoms with van der Waals surface area (Å²) < 4.78 is 45.1. The van der Waals surface area contributed by atoms with Crippen LogP contribution in [-0.2, 0) is 11.0 Å². The van der Waals surface area contributed by atoms with Gasteiger partial charge in [-0.15, -0.1) is 0 Å². The second-order valence-corrected chi connectivity index (χ2v) is 8.91. The fourth-order valence-electron chi connectivity index (χ4n) is 4.29. The highest BCUT2D eigenvalue weighted by Gasteiger charge is 2.32. The van der Waals surface area contributed by atoms with E-state index in [2.05, 4.69) is 10.3 Å². The molecule has 0 spiro atoms. The number of pyridine rings is 1. The molecule has 0 saturated heterocycles. The van der Waals surface area contributed by atoms with E-state index >= 15 is 0 Å². The van der Waals surface area contributed by atoms with E-state index in [0.717, 1.165) is 37.8 Å². The van der Waals surface area contributed by atoms with E-state index in [1.54, 1.807) is 30.3 Å². The summed E-state index contributed by atoms with van der Waals surface area (Å²) in [7, 11) is 0. The maximum Gasteiger partial charge on any atom is 0.416 e. The number of aromatic nitrogens is 1. The van der Waals surface area contributed by atoms with Crippen LogP contribution in [0.3, 0.4) is 0 Å². The Labute approximate surface area is 195 Å². The van der Waals surface area contributed by atoms with Crippen LogP contribution in [0.25, 0.3) is 10.9 Å². The standard InChI is InChI=1S/C25H24ClF3N2O2/c1-15(24(32)31-19-7-5-18(26)6-8-19)16-2-9-20(10-3-16)33-23-12-13-30-22-14-17(25(27,28)29)4-11-21(22)23/h4-8,11-16,20H,2-3,9-10H2,1H3,(H,31,32)/t15?,16-,20-. The van der Waals surface area contributed by atoms with Gasteiger partial charge in [0.1, 0.15) is 5.75 Å². The first-order valence-electron chi connectivity index (χ1n) is 10.9. The molecule has 1 saturated carbocycles. The van der Waals surface area contributed by atoms with Gasteiger partial charge in [-0.25, -0.2) is 0 Å². The fourth-order valence-corrected chi connectivity index (χ4v) is 4.42. The van der Waals surface area contributed by atoms with Gasteiger partial charge in [0.25, 0.3) is 0 Å². The van der Waals surface area contributed by atoms with Crippen LogP contribution in [0.15, 0.2) is 54.7 Å². The molecule has 1 heterocycles. The van der Waals surface area contributed by atoms with Crippen molar-refractivity contribution in [3.8, 4) is 5.75 Å². The number of carbonyl (C=O) groups is 1. The molecule has 1 aliphatic carbocycles. The first-order valence-corrected chi connectivity index (χ1v) is 11.3. The normalized spacial score (nSPS) is 19.8. The second kappa shape index (κ2) is 9.59. The van der Waals surface area contributed by atoms with Crippen molar-refractivity contribution < 1.29 is 22.7 Å².